The first-order valence-electron chi connectivity index (χ1n) is 7.80. The van der Waals surface area contributed by atoms with Crippen LogP contribution in [0.2, 0.25) is 0 Å². The molecule has 0 saturated carbocycles. The van der Waals surface area contributed by atoms with Crippen LogP contribution >= 0.6 is 0 Å². The summed E-state index contributed by atoms with van der Waals surface area (Å²) in [7, 11) is 2.06. The van der Waals surface area contributed by atoms with Crippen LogP contribution in [0.4, 0.5) is 11.6 Å². The van der Waals surface area contributed by atoms with E-state index in [1.165, 1.54) is 17.3 Å². The normalized spacial score (nSPS) is 17.5. The number of hydrogen-bond donors (Lipinski definition) is 2. The molecule has 1 aliphatic heterocycles. The van der Waals surface area contributed by atoms with Crippen molar-refractivity contribution in [1.29, 1.82) is 0 Å². The number of fused-ring (bicyclic) bond motifs is 1. The van der Waals surface area contributed by atoms with Crippen molar-refractivity contribution in [2.24, 2.45) is 5.10 Å². The van der Waals surface area contributed by atoms with Gasteiger partial charge in [-0.2, -0.15) is 5.10 Å². The molecule has 3 rings (SSSR count). The molecule has 24 heavy (non-hydrogen) atoms. The number of nitrogens with one attached hydrogen (secondary N) is 2. The van der Waals surface area contributed by atoms with Gasteiger partial charge in [-0.15, -0.1) is 0 Å². The summed E-state index contributed by atoms with van der Waals surface area (Å²) in [6.45, 7) is 6.16. The van der Waals surface area contributed by atoms with E-state index in [2.05, 4.69) is 64.5 Å². The Kier molecular flexibility index (Phi) is 3.97. The van der Waals surface area contributed by atoms with Crippen molar-refractivity contribution in [2.45, 2.75) is 26.2 Å². The van der Waals surface area contributed by atoms with Crippen LogP contribution in [0.1, 0.15) is 25.1 Å². The molecule has 2 heterocycles. The lowest BCUT2D eigenvalue weighted by molar-refractivity contribution is 0.641. The Morgan fingerprint density at radius 1 is 1.33 bits per heavy atom. The van der Waals surface area contributed by atoms with Gasteiger partial charge in [0.15, 0.2) is 0 Å². The van der Waals surface area contributed by atoms with Crippen molar-refractivity contribution in [1.82, 2.24) is 9.97 Å². The van der Waals surface area contributed by atoms with Gasteiger partial charge < -0.3 is 4.90 Å². The molecule has 124 valence electrons. The number of aryl methyl sites for hydroxylation is 1. The highest BCUT2D eigenvalue weighted by molar-refractivity contribution is 5.79. The third kappa shape index (κ3) is 2.82. The van der Waals surface area contributed by atoms with E-state index < -0.39 is 0 Å². The highest BCUT2D eigenvalue weighted by Crippen LogP contribution is 2.46. The number of allylic oxidation sites excluding steroid dienone is 2. The molecule has 1 aromatic heterocycles. The lowest BCUT2D eigenvalue weighted by Gasteiger charge is -2.23. The SMILES string of the molecule is Cc1cc(=O)[nH]c(N/N=C\C=C2\N(C)c3ccccc3C2(C)C)n1. The predicted molar refractivity (Wildman–Crippen MR) is 97.7 cm³/mol. The van der Waals surface area contributed by atoms with Crippen LogP contribution in [0, 0.1) is 6.92 Å². The second-order valence-corrected chi connectivity index (χ2v) is 6.38. The number of aromatic amines is 1. The van der Waals surface area contributed by atoms with Gasteiger partial charge in [-0.25, -0.2) is 10.4 Å². The Hall–Kier alpha value is -2.89. The molecule has 0 spiro atoms. The summed E-state index contributed by atoms with van der Waals surface area (Å²) in [6.07, 6.45) is 3.66. The molecular formula is C18H21N5O. The molecular weight excluding hydrogens is 302 g/mol. The average molecular weight is 323 g/mol. The van der Waals surface area contributed by atoms with Crippen LogP contribution in [-0.2, 0) is 5.41 Å². The summed E-state index contributed by atoms with van der Waals surface area (Å²) < 4.78 is 0. The predicted octanol–water partition coefficient (Wildman–Crippen LogP) is 2.79. The van der Waals surface area contributed by atoms with Crippen molar-refractivity contribution in [3.05, 3.63) is 63.7 Å². The van der Waals surface area contributed by atoms with E-state index in [1.54, 1.807) is 13.1 Å². The van der Waals surface area contributed by atoms with Gasteiger partial charge in [-0.1, -0.05) is 32.0 Å². The summed E-state index contributed by atoms with van der Waals surface area (Å²) in [4.78, 5) is 20.3. The number of benzene rings is 1. The minimum absolute atomic E-state index is 0.0900. The molecule has 0 unspecified atom stereocenters. The van der Waals surface area contributed by atoms with E-state index in [4.69, 9.17) is 0 Å². The zero-order valence-electron chi connectivity index (χ0n) is 14.3. The molecule has 1 aromatic carbocycles. The third-order valence-electron chi connectivity index (χ3n) is 4.29. The molecule has 6 heteroatoms. The molecule has 0 saturated heterocycles. The standard InChI is InChI=1S/C18H21N5O/c1-12-11-16(24)21-17(20-12)22-19-10-9-15-18(2,3)13-7-5-6-8-14(13)23(15)4/h5-11H,1-4H3,(H2,20,21,22,24)/b15-9+,19-10-. The van der Waals surface area contributed by atoms with E-state index in [0.717, 1.165) is 5.70 Å². The monoisotopic (exact) mass is 323 g/mol. The van der Waals surface area contributed by atoms with Gasteiger partial charge in [0.05, 0.1) is 0 Å². The first-order chi connectivity index (χ1) is 11.4. The lowest BCUT2D eigenvalue weighted by atomic mass is 9.84. The smallest absolute Gasteiger partial charge is 0.252 e. The second-order valence-electron chi connectivity index (χ2n) is 6.38. The Balaban J connectivity index is 1.81. The Bertz CT molecular complexity index is 879. The highest BCUT2D eigenvalue weighted by Gasteiger charge is 2.37. The molecule has 0 radical (unpaired) electrons. The quantitative estimate of drug-likeness (QED) is 0.673. The number of hydrazone groups is 1. The molecule has 0 amide bonds. The fourth-order valence-corrected chi connectivity index (χ4v) is 3.14. The molecule has 0 aliphatic carbocycles. The molecule has 2 N–H and O–H groups in total. The summed E-state index contributed by atoms with van der Waals surface area (Å²) in [5.41, 5.74) is 6.76. The van der Waals surface area contributed by atoms with Gasteiger partial charge in [-0.05, 0) is 24.6 Å². The minimum atomic E-state index is -0.203. The number of likely N-dealkylation sites (N-methyl/N-ethyl adjacent to an activating group) is 1. The highest BCUT2D eigenvalue weighted by atomic mass is 16.1. The number of rotatable bonds is 3. The average Bonchev–Trinajstić information content (AvgIpc) is 2.71. The molecule has 0 atom stereocenters. The molecule has 0 bridgehead atoms. The molecule has 0 fully saturated rings. The maximum Gasteiger partial charge on any atom is 0.252 e. The second kappa shape index (κ2) is 5.96. The number of nitrogens with zero attached hydrogens (tertiary/aromatic N) is 3. The summed E-state index contributed by atoms with van der Waals surface area (Å²) in [6, 6.07) is 9.82. The Morgan fingerprint density at radius 2 is 2.08 bits per heavy atom. The zero-order chi connectivity index (χ0) is 17.3. The molecule has 6 nitrogen and oxygen atoms in total. The lowest BCUT2D eigenvalue weighted by Crippen LogP contribution is -2.23. The summed E-state index contributed by atoms with van der Waals surface area (Å²) >= 11 is 0. The van der Waals surface area contributed by atoms with Gasteiger partial charge in [-0.3, -0.25) is 9.78 Å². The largest absolute Gasteiger partial charge is 0.347 e. The van der Waals surface area contributed by atoms with Crippen molar-refractivity contribution in [3.8, 4) is 0 Å². The fourth-order valence-electron chi connectivity index (χ4n) is 3.14. The number of H-pyrrole nitrogens is 1. The number of aromatic nitrogens is 2. The van der Waals surface area contributed by atoms with Crippen molar-refractivity contribution in [3.63, 3.8) is 0 Å². The fraction of sp³-hybridized carbons (Fsp3) is 0.278. The van der Waals surface area contributed by atoms with E-state index in [9.17, 15) is 4.79 Å². The van der Waals surface area contributed by atoms with Crippen LogP contribution in [-0.4, -0.2) is 23.2 Å². The van der Waals surface area contributed by atoms with E-state index in [1.807, 2.05) is 12.1 Å². The van der Waals surface area contributed by atoms with E-state index in [-0.39, 0.29) is 11.0 Å². The van der Waals surface area contributed by atoms with Crippen LogP contribution in [0.3, 0.4) is 0 Å². The van der Waals surface area contributed by atoms with Crippen LogP contribution in [0.25, 0.3) is 0 Å². The van der Waals surface area contributed by atoms with Crippen molar-refractivity contribution < 1.29 is 0 Å². The number of para-hydroxylation sites is 1. The minimum Gasteiger partial charge on any atom is -0.347 e. The topological polar surface area (TPSA) is 73.4 Å². The van der Waals surface area contributed by atoms with Crippen molar-refractivity contribution >= 4 is 17.9 Å². The number of anilines is 2. The van der Waals surface area contributed by atoms with Crippen LogP contribution < -0.4 is 15.9 Å². The van der Waals surface area contributed by atoms with Crippen molar-refractivity contribution in [2.75, 3.05) is 17.4 Å². The van der Waals surface area contributed by atoms with Gasteiger partial charge in [0.1, 0.15) is 0 Å². The Morgan fingerprint density at radius 3 is 2.79 bits per heavy atom. The van der Waals surface area contributed by atoms with E-state index in [0.29, 0.717) is 11.6 Å². The van der Waals surface area contributed by atoms with Gasteiger partial charge in [0.2, 0.25) is 5.95 Å². The maximum atomic E-state index is 11.4. The van der Waals surface area contributed by atoms with Gasteiger partial charge in [0.25, 0.3) is 5.56 Å². The summed E-state index contributed by atoms with van der Waals surface area (Å²) in [5, 5.41) is 4.14. The first kappa shape index (κ1) is 16.0. The first-order valence-corrected chi connectivity index (χ1v) is 7.80. The molecule has 2 aromatic rings. The third-order valence-corrected chi connectivity index (χ3v) is 4.29. The van der Waals surface area contributed by atoms with Gasteiger partial charge in [0, 0.05) is 41.8 Å². The Labute approximate surface area is 140 Å². The maximum absolute atomic E-state index is 11.4. The van der Waals surface area contributed by atoms with E-state index >= 15 is 0 Å². The van der Waals surface area contributed by atoms with Crippen LogP contribution in [0.5, 0.6) is 0 Å². The molecule has 1 aliphatic rings. The summed E-state index contributed by atoms with van der Waals surface area (Å²) in [5.74, 6) is 0.331. The number of hydrogen-bond acceptors (Lipinski definition) is 5. The van der Waals surface area contributed by atoms with Crippen LogP contribution in [0.15, 0.2) is 52.0 Å². The van der Waals surface area contributed by atoms with Gasteiger partial charge >= 0.3 is 0 Å². The zero-order valence-corrected chi connectivity index (χ0v) is 14.3.